The fraction of sp³-hybridized carbons (Fsp3) is 0.917. The summed E-state index contributed by atoms with van der Waals surface area (Å²) in [5.41, 5.74) is 5.48. The number of unbranched alkanes of at least 4 members (excludes halogenated alkanes) is 5. The molecule has 0 aromatic heterocycles. The van der Waals surface area contributed by atoms with Crippen molar-refractivity contribution in [2.45, 2.75) is 52.4 Å². The topological polar surface area (TPSA) is 35.2 Å². The van der Waals surface area contributed by atoms with Crippen molar-refractivity contribution in [2.75, 3.05) is 13.2 Å². The van der Waals surface area contributed by atoms with Gasteiger partial charge >= 0.3 is 0 Å². The Kier molecular flexibility index (Phi) is 10.3. The molecule has 2 nitrogen and oxygen atoms in total. The summed E-state index contributed by atoms with van der Waals surface area (Å²) in [6.45, 7) is 5.76. The van der Waals surface area contributed by atoms with Crippen LogP contribution >= 0.6 is 12.2 Å². The number of hydrogen-bond acceptors (Lipinski definition) is 2. The van der Waals surface area contributed by atoms with E-state index in [1.54, 1.807) is 0 Å². The highest BCUT2D eigenvalue weighted by atomic mass is 32.1. The average molecular weight is 231 g/mol. The number of thiocarbonyl (C=S) groups is 1. The SMILES string of the molecule is CCCCCCCCOCC(C)C(N)=S. The molecule has 0 radical (unpaired) electrons. The van der Waals surface area contributed by atoms with Crippen LogP contribution in [0.2, 0.25) is 0 Å². The molecule has 0 bridgehead atoms. The summed E-state index contributed by atoms with van der Waals surface area (Å²) in [7, 11) is 0. The van der Waals surface area contributed by atoms with Crippen molar-refractivity contribution in [1.82, 2.24) is 0 Å². The Labute approximate surface area is 99.6 Å². The van der Waals surface area contributed by atoms with Crippen molar-refractivity contribution in [2.24, 2.45) is 11.7 Å². The highest BCUT2D eigenvalue weighted by Gasteiger charge is 2.03. The van der Waals surface area contributed by atoms with Crippen molar-refractivity contribution in [3.63, 3.8) is 0 Å². The lowest BCUT2D eigenvalue weighted by Crippen LogP contribution is -2.22. The van der Waals surface area contributed by atoms with Crippen molar-refractivity contribution < 1.29 is 4.74 Å². The minimum atomic E-state index is 0.208. The average Bonchev–Trinajstić information content (AvgIpc) is 2.21. The van der Waals surface area contributed by atoms with Crippen molar-refractivity contribution in [3.05, 3.63) is 0 Å². The van der Waals surface area contributed by atoms with Crippen LogP contribution < -0.4 is 5.73 Å². The summed E-state index contributed by atoms with van der Waals surface area (Å²) >= 11 is 4.86. The first-order valence-electron chi connectivity index (χ1n) is 6.05. The fourth-order valence-corrected chi connectivity index (χ4v) is 1.39. The molecule has 0 aromatic carbocycles. The predicted octanol–water partition coefficient (Wildman–Crippen LogP) is 3.29. The van der Waals surface area contributed by atoms with Gasteiger partial charge in [0.15, 0.2) is 0 Å². The van der Waals surface area contributed by atoms with Gasteiger partial charge < -0.3 is 10.5 Å². The molecule has 0 rings (SSSR count). The van der Waals surface area contributed by atoms with Crippen LogP contribution in [0.15, 0.2) is 0 Å². The normalized spacial score (nSPS) is 12.7. The van der Waals surface area contributed by atoms with Gasteiger partial charge in [-0.15, -0.1) is 0 Å². The minimum Gasteiger partial charge on any atom is -0.393 e. The molecule has 0 spiro atoms. The highest BCUT2D eigenvalue weighted by molar-refractivity contribution is 7.80. The fourth-order valence-electron chi connectivity index (χ4n) is 1.33. The molecular weight excluding hydrogens is 206 g/mol. The molecule has 1 unspecified atom stereocenters. The van der Waals surface area contributed by atoms with Crippen LogP contribution in [0.25, 0.3) is 0 Å². The van der Waals surface area contributed by atoms with Gasteiger partial charge in [-0.25, -0.2) is 0 Å². The third-order valence-corrected chi connectivity index (χ3v) is 2.90. The van der Waals surface area contributed by atoms with Gasteiger partial charge in [0.25, 0.3) is 0 Å². The van der Waals surface area contributed by atoms with E-state index in [1.165, 1.54) is 32.1 Å². The standard InChI is InChI=1S/C12H25NOS/c1-3-4-5-6-7-8-9-14-10-11(2)12(13)15/h11H,3-10H2,1-2H3,(H2,13,15). The van der Waals surface area contributed by atoms with E-state index in [4.69, 9.17) is 22.7 Å². The van der Waals surface area contributed by atoms with Crippen LogP contribution in [0.3, 0.4) is 0 Å². The molecule has 90 valence electrons. The van der Waals surface area contributed by atoms with E-state index in [9.17, 15) is 0 Å². The molecule has 15 heavy (non-hydrogen) atoms. The van der Waals surface area contributed by atoms with Crippen LogP contribution in [-0.2, 0) is 4.74 Å². The van der Waals surface area contributed by atoms with E-state index < -0.39 is 0 Å². The van der Waals surface area contributed by atoms with Crippen LogP contribution in [0.4, 0.5) is 0 Å². The highest BCUT2D eigenvalue weighted by Crippen LogP contribution is 2.05. The Morgan fingerprint density at radius 3 is 2.40 bits per heavy atom. The summed E-state index contributed by atoms with van der Waals surface area (Å²) in [6, 6.07) is 0. The van der Waals surface area contributed by atoms with Crippen molar-refractivity contribution in [3.8, 4) is 0 Å². The van der Waals surface area contributed by atoms with Crippen molar-refractivity contribution >= 4 is 17.2 Å². The lowest BCUT2D eigenvalue weighted by molar-refractivity contribution is 0.117. The molecular formula is C12H25NOS. The van der Waals surface area contributed by atoms with E-state index in [-0.39, 0.29) is 5.92 Å². The Bertz CT molecular complexity index is 162. The number of nitrogens with two attached hydrogens (primary N) is 1. The molecule has 0 aliphatic heterocycles. The first kappa shape index (κ1) is 14.8. The molecule has 0 aliphatic carbocycles. The van der Waals surface area contributed by atoms with Gasteiger partial charge in [-0.2, -0.15) is 0 Å². The summed E-state index contributed by atoms with van der Waals surface area (Å²) in [5.74, 6) is 0.208. The number of ether oxygens (including phenoxy) is 1. The second kappa shape index (κ2) is 10.4. The Balaban J connectivity index is 3.08. The van der Waals surface area contributed by atoms with Crippen molar-refractivity contribution in [1.29, 1.82) is 0 Å². The maximum absolute atomic E-state index is 5.50. The number of hydrogen-bond donors (Lipinski definition) is 1. The van der Waals surface area contributed by atoms with Gasteiger partial charge in [-0.05, 0) is 6.42 Å². The smallest absolute Gasteiger partial charge is 0.0779 e. The van der Waals surface area contributed by atoms with Crippen LogP contribution in [-0.4, -0.2) is 18.2 Å². The third kappa shape index (κ3) is 10.1. The second-order valence-corrected chi connectivity index (χ2v) is 4.62. The monoisotopic (exact) mass is 231 g/mol. The van der Waals surface area contributed by atoms with E-state index in [1.807, 2.05) is 6.92 Å². The van der Waals surface area contributed by atoms with Gasteiger partial charge in [-0.1, -0.05) is 58.2 Å². The largest absolute Gasteiger partial charge is 0.393 e. The van der Waals surface area contributed by atoms with Gasteiger partial charge in [0.05, 0.1) is 11.6 Å². The minimum absolute atomic E-state index is 0.208. The molecule has 0 saturated carbocycles. The van der Waals surface area contributed by atoms with Crippen LogP contribution in [0, 0.1) is 5.92 Å². The van der Waals surface area contributed by atoms with Crippen LogP contribution in [0.1, 0.15) is 52.4 Å². The summed E-state index contributed by atoms with van der Waals surface area (Å²) in [6.07, 6.45) is 7.80. The molecule has 1 atom stereocenters. The first-order chi connectivity index (χ1) is 7.18. The zero-order chi connectivity index (χ0) is 11.5. The molecule has 0 saturated heterocycles. The quantitative estimate of drug-likeness (QED) is 0.463. The molecule has 0 heterocycles. The zero-order valence-corrected chi connectivity index (χ0v) is 10.9. The molecule has 0 aliphatic rings. The van der Waals surface area contributed by atoms with E-state index >= 15 is 0 Å². The van der Waals surface area contributed by atoms with E-state index in [2.05, 4.69) is 6.92 Å². The van der Waals surface area contributed by atoms with Gasteiger partial charge in [0, 0.05) is 12.5 Å². The first-order valence-corrected chi connectivity index (χ1v) is 6.46. The summed E-state index contributed by atoms with van der Waals surface area (Å²) in [5, 5.41) is 0. The molecule has 0 amide bonds. The second-order valence-electron chi connectivity index (χ2n) is 4.15. The van der Waals surface area contributed by atoms with Crippen LogP contribution in [0.5, 0.6) is 0 Å². The third-order valence-electron chi connectivity index (χ3n) is 2.50. The maximum Gasteiger partial charge on any atom is 0.0779 e. The van der Waals surface area contributed by atoms with Gasteiger partial charge in [0.1, 0.15) is 0 Å². The predicted molar refractivity (Wildman–Crippen MR) is 70.1 cm³/mol. The molecule has 2 N–H and O–H groups in total. The maximum atomic E-state index is 5.50. The molecule has 3 heteroatoms. The van der Waals surface area contributed by atoms with E-state index in [0.717, 1.165) is 13.0 Å². The Morgan fingerprint density at radius 1 is 1.20 bits per heavy atom. The van der Waals surface area contributed by atoms with Gasteiger partial charge in [-0.3, -0.25) is 0 Å². The lowest BCUT2D eigenvalue weighted by Gasteiger charge is -2.09. The summed E-state index contributed by atoms with van der Waals surface area (Å²) < 4.78 is 5.50. The Morgan fingerprint density at radius 2 is 1.80 bits per heavy atom. The number of rotatable bonds is 10. The summed E-state index contributed by atoms with van der Waals surface area (Å²) in [4.78, 5) is 0.554. The molecule has 0 fully saturated rings. The lowest BCUT2D eigenvalue weighted by atomic mass is 10.1. The van der Waals surface area contributed by atoms with Gasteiger partial charge in [0.2, 0.25) is 0 Å². The van der Waals surface area contributed by atoms with E-state index in [0.29, 0.717) is 11.6 Å². The Hall–Kier alpha value is -0.150. The zero-order valence-electron chi connectivity index (χ0n) is 10.1. The molecule has 0 aromatic rings.